The number of carbonyl (C=O) groups is 1. The van der Waals surface area contributed by atoms with Crippen molar-refractivity contribution in [3.8, 4) is 10.7 Å². The van der Waals surface area contributed by atoms with E-state index in [1.165, 1.54) is 11.3 Å². The molecule has 0 saturated heterocycles. The molecule has 2 aromatic rings. The maximum atomic E-state index is 12.1. The Morgan fingerprint density at radius 2 is 2.32 bits per heavy atom. The molecule has 1 saturated carbocycles. The second-order valence-electron chi connectivity index (χ2n) is 5.44. The van der Waals surface area contributed by atoms with Crippen molar-refractivity contribution in [3.05, 3.63) is 29.7 Å². The fourth-order valence-electron chi connectivity index (χ4n) is 2.40. The number of carbonyl (C=O) groups excluding carboxylic acids is 1. The number of aliphatic hydroxyl groups is 1. The molecule has 1 amide bonds. The van der Waals surface area contributed by atoms with Gasteiger partial charge in [-0.25, -0.2) is 4.98 Å². The first kappa shape index (κ1) is 15.1. The van der Waals surface area contributed by atoms with E-state index in [-0.39, 0.29) is 25.0 Å². The fraction of sp³-hybridized carbons (Fsp3) is 0.467. The van der Waals surface area contributed by atoms with Gasteiger partial charge in [-0.05, 0) is 25.2 Å². The minimum Gasteiger partial charge on any atom is -0.396 e. The van der Waals surface area contributed by atoms with E-state index < -0.39 is 0 Å². The highest BCUT2D eigenvalue weighted by atomic mass is 32.1. The SMILES string of the molecule is O=C(Cc1csc(-c2cnccn2)n1)NC(CCO)C1CC1. The smallest absolute Gasteiger partial charge is 0.226 e. The van der Waals surface area contributed by atoms with Crippen molar-refractivity contribution in [1.82, 2.24) is 20.3 Å². The Bertz CT molecular complexity index is 627. The molecule has 0 aliphatic heterocycles. The molecule has 1 aliphatic carbocycles. The molecule has 2 heterocycles. The van der Waals surface area contributed by atoms with Crippen molar-refractivity contribution in [1.29, 1.82) is 0 Å². The van der Waals surface area contributed by atoms with Crippen LogP contribution in [0.5, 0.6) is 0 Å². The Morgan fingerprint density at radius 3 is 3.00 bits per heavy atom. The van der Waals surface area contributed by atoms with Crippen LogP contribution in [0.4, 0.5) is 0 Å². The van der Waals surface area contributed by atoms with Crippen LogP contribution in [0.2, 0.25) is 0 Å². The zero-order valence-electron chi connectivity index (χ0n) is 12.1. The summed E-state index contributed by atoms with van der Waals surface area (Å²) in [5.41, 5.74) is 1.46. The van der Waals surface area contributed by atoms with Gasteiger partial charge in [-0.3, -0.25) is 14.8 Å². The molecular weight excluding hydrogens is 300 g/mol. The van der Waals surface area contributed by atoms with E-state index in [0.29, 0.717) is 12.3 Å². The summed E-state index contributed by atoms with van der Waals surface area (Å²) >= 11 is 1.46. The predicted octanol–water partition coefficient (Wildman–Crippen LogP) is 1.42. The van der Waals surface area contributed by atoms with Gasteiger partial charge >= 0.3 is 0 Å². The van der Waals surface area contributed by atoms with Crippen LogP contribution in [0.25, 0.3) is 10.7 Å². The lowest BCUT2D eigenvalue weighted by atomic mass is 10.1. The molecule has 6 nitrogen and oxygen atoms in total. The van der Waals surface area contributed by atoms with Crippen LogP contribution in [-0.2, 0) is 11.2 Å². The molecule has 116 valence electrons. The van der Waals surface area contributed by atoms with E-state index in [0.717, 1.165) is 29.2 Å². The molecule has 3 rings (SSSR count). The second-order valence-corrected chi connectivity index (χ2v) is 6.29. The fourth-order valence-corrected chi connectivity index (χ4v) is 3.18. The van der Waals surface area contributed by atoms with Gasteiger partial charge in [0.2, 0.25) is 5.91 Å². The van der Waals surface area contributed by atoms with Crippen LogP contribution in [0.15, 0.2) is 24.0 Å². The number of nitrogens with one attached hydrogen (secondary N) is 1. The number of hydrogen-bond acceptors (Lipinski definition) is 6. The number of aliphatic hydroxyl groups excluding tert-OH is 1. The van der Waals surface area contributed by atoms with Crippen molar-refractivity contribution in [2.75, 3.05) is 6.61 Å². The van der Waals surface area contributed by atoms with Crippen molar-refractivity contribution in [2.24, 2.45) is 5.92 Å². The Labute approximate surface area is 132 Å². The molecule has 2 N–H and O–H groups in total. The molecule has 1 unspecified atom stereocenters. The summed E-state index contributed by atoms with van der Waals surface area (Å²) < 4.78 is 0. The number of nitrogens with zero attached hydrogens (tertiary/aromatic N) is 3. The number of amides is 1. The van der Waals surface area contributed by atoms with Crippen molar-refractivity contribution < 1.29 is 9.90 Å². The van der Waals surface area contributed by atoms with Crippen LogP contribution in [0.1, 0.15) is 25.0 Å². The van der Waals surface area contributed by atoms with Crippen LogP contribution >= 0.6 is 11.3 Å². The molecule has 0 radical (unpaired) electrons. The Morgan fingerprint density at radius 1 is 1.45 bits per heavy atom. The minimum atomic E-state index is -0.0404. The summed E-state index contributed by atoms with van der Waals surface area (Å²) in [6.45, 7) is 0.106. The maximum Gasteiger partial charge on any atom is 0.226 e. The number of thiazole rings is 1. The summed E-state index contributed by atoms with van der Waals surface area (Å²) in [7, 11) is 0. The van der Waals surface area contributed by atoms with E-state index in [1.807, 2.05) is 5.38 Å². The molecule has 0 aromatic carbocycles. The lowest BCUT2D eigenvalue weighted by Gasteiger charge is -2.16. The largest absolute Gasteiger partial charge is 0.396 e. The van der Waals surface area contributed by atoms with E-state index >= 15 is 0 Å². The normalized spacial score (nSPS) is 15.5. The molecule has 1 atom stereocenters. The third-order valence-corrected chi connectivity index (χ3v) is 4.57. The second kappa shape index (κ2) is 6.93. The van der Waals surface area contributed by atoms with E-state index in [2.05, 4.69) is 20.3 Å². The van der Waals surface area contributed by atoms with Crippen LogP contribution in [-0.4, -0.2) is 38.6 Å². The zero-order chi connectivity index (χ0) is 15.4. The highest BCUT2D eigenvalue weighted by molar-refractivity contribution is 7.13. The first-order valence-corrected chi connectivity index (χ1v) is 8.25. The summed E-state index contributed by atoms with van der Waals surface area (Å²) in [5.74, 6) is 0.489. The summed E-state index contributed by atoms with van der Waals surface area (Å²) in [6, 6.07) is 0.0931. The number of aromatic nitrogens is 3. The van der Waals surface area contributed by atoms with Gasteiger partial charge in [0.15, 0.2) is 0 Å². The van der Waals surface area contributed by atoms with E-state index in [4.69, 9.17) is 5.11 Å². The third-order valence-electron chi connectivity index (χ3n) is 3.65. The third kappa shape index (κ3) is 3.86. The molecule has 7 heteroatoms. The Balaban J connectivity index is 1.59. The van der Waals surface area contributed by atoms with Gasteiger partial charge in [0.05, 0.1) is 18.3 Å². The molecule has 22 heavy (non-hydrogen) atoms. The first-order valence-electron chi connectivity index (χ1n) is 7.37. The molecule has 1 fully saturated rings. The van der Waals surface area contributed by atoms with Crippen molar-refractivity contribution in [2.45, 2.75) is 31.7 Å². The molecule has 2 aromatic heterocycles. The number of rotatable bonds is 7. The van der Waals surface area contributed by atoms with Crippen LogP contribution < -0.4 is 5.32 Å². The highest BCUT2D eigenvalue weighted by Crippen LogP contribution is 2.34. The topological polar surface area (TPSA) is 88.0 Å². The lowest BCUT2D eigenvalue weighted by molar-refractivity contribution is -0.121. The van der Waals surface area contributed by atoms with E-state index in [9.17, 15) is 4.79 Å². The van der Waals surface area contributed by atoms with Gasteiger partial charge in [-0.2, -0.15) is 0 Å². The van der Waals surface area contributed by atoms with Gasteiger partial charge in [-0.15, -0.1) is 11.3 Å². The van der Waals surface area contributed by atoms with E-state index in [1.54, 1.807) is 18.6 Å². The lowest BCUT2D eigenvalue weighted by Crippen LogP contribution is -2.38. The summed E-state index contributed by atoms with van der Waals surface area (Å²) in [4.78, 5) is 24.8. The van der Waals surface area contributed by atoms with Crippen LogP contribution in [0.3, 0.4) is 0 Å². The summed E-state index contributed by atoms with van der Waals surface area (Å²) in [6.07, 6.45) is 8.05. The van der Waals surface area contributed by atoms with Gasteiger partial charge in [0, 0.05) is 30.4 Å². The quantitative estimate of drug-likeness (QED) is 0.806. The average Bonchev–Trinajstić information content (AvgIpc) is 3.28. The van der Waals surface area contributed by atoms with Gasteiger partial charge in [0.25, 0.3) is 0 Å². The molecule has 0 bridgehead atoms. The van der Waals surface area contributed by atoms with Gasteiger partial charge in [-0.1, -0.05) is 0 Å². The van der Waals surface area contributed by atoms with Crippen molar-refractivity contribution in [3.63, 3.8) is 0 Å². The Hall–Kier alpha value is -1.86. The molecular formula is C15H18N4O2S. The predicted molar refractivity (Wildman–Crippen MR) is 83.2 cm³/mol. The number of hydrogen-bond donors (Lipinski definition) is 2. The van der Waals surface area contributed by atoms with Gasteiger partial charge < -0.3 is 10.4 Å². The minimum absolute atomic E-state index is 0.0404. The summed E-state index contributed by atoms with van der Waals surface area (Å²) in [5, 5.41) is 14.7. The first-order chi connectivity index (χ1) is 10.8. The van der Waals surface area contributed by atoms with Crippen molar-refractivity contribution >= 4 is 17.2 Å². The van der Waals surface area contributed by atoms with Gasteiger partial charge in [0.1, 0.15) is 10.7 Å². The average molecular weight is 318 g/mol. The molecule has 1 aliphatic rings. The monoisotopic (exact) mass is 318 g/mol. The molecule has 0 spiro atoms. The zero-order valence-corrected chi connectivity index (χ0v) is 12.9. The maximum absolute atomic E-state index is 12.1. The Kier molecular flexibility index (Phi) is 4.74. The standard InChI is InChI=1S/C15H18N4O2S/c20-6-3-12(10-1-2-10)19-14(21)7-11-9-22-15(18-11)13-8-16-4-5-17-13/h4-5,8-10,12,20H,1-3,6-7H2,(H,19,21). The van der Waals surface area contributed by atoms with Crippen LogP contribution in [0, 0.1) is 5.92 Å². The highest BCUT2D eigenvalue weighted by Gasteiger charge is 2.31.